The second kappa shape index (κ2) is 8.15. The molecule has 0 aliphatic carbocycles. The lowest BCUT2D eigenvalue weighted by molar-refractivity contribution is 0.0706. The summed E-state index contributed by atoms with van der Waals surface area (Å²) >= 11 is 0. The Labute approximate surface area is 170 Å². The average molecular weight is 392 g/mol. The zero-order valence-corrected chi connectivity index (χ0v) is 16.8. The van der Waals surface area contributed by atoms with Crippen molar-refractivity contribution in [3.63, 3.8) is 0 Å². The maximum atomic E-state index is 13.2. The topological polar surface area (TPSA) is 51.0 Å². The number of hydrogen-bond donors (Lipinski definition) is 0. The summed E-state index contributed by atoms with van der Waals surface area (Å²) < 4.78 is 14.8. The molecule has 1 fully saturated rings. The van der Waals surface area contributed by atoms with E-state index in [1.165, 1.54) is 12.1 Å². The molecule has 1 aromatic carbocycles. The van der Waals surface area contributed by atoms with E-state index in [-0.39, 0.29) is 17.6 Å². The van der Waals surface area contributed by atoms with Crippen molar-refractivity contribution in [2.45, 2.75) is 32.1 Å². The van der Waals surface area contributed by atoms with Gasteiger partial charge >= 0.3 is 0 Å². The van der Waals surface area contributed by atoms with E-state index in [9.17, 15) is 9.18 Å². The fourth-order valence-corrected chi connectivity index (χ4v) is 4.03. The number of amides is 1. The molecule has 3 aromatic rings. The molecule has 5 nitrogen and oxygen atoms in total. The minimum Gasteiger partial charge on any atom is -0.338 e. The number of likely N-dealkylation sites (tertiary alicyclic amines) is 1. The van der Waals surface area contributed by atoms with Gasteiger partial charge in [-0.15, -0.1) is 0 Å². The van der Waals surface area contributed by atoms with Gasteiger partial charge in [-0.05, 0) is 61.6 Å². The van der Waals surface area contributed by atoms with E-state index in [1.807, 2.05) is 31.0 Å². The molecule has 29 heavy (non-hydrogen) atoms. The number of hydrogen-bond acceptors (Lipinski definition) is 3. The molecule has 6 heteroatoms. The number of nitrogens with zero attached hydrogens (tertiary/aromatic N) is 4. The Kier molecular flexibility index (Phi) is 5.43. The highest BCUT2D eigenvalue weighted by Crippen LogP contribution is 2.28. The number of rotatable bonds is 4. The van der Waals surface area contributed by atoms with Crippen molar-refractivity contribution in [2.24, 2.45) is 7.05 Å². The molecule has 0 spiro atoms. The zero-order chi connectivity index (χ0) is 20.4. The van der Waals surface area contributed by atoms with Crippen LogP contribution in [0.15, 0.2) is 48.8 Å². The van der Waals surface area contributed by atoms with Gasteiger partial charge in [-0.2, -0.15) is 5.10 Å². The lowest BCUT2D eigenvalue weighted by Crippen LogP contribution is -2.39. The SMILES string of the molecule is Cc1cc(Cc2ccc(F)cc2)cc([C@@H]2CCCN(C(=O)c3cnn(C)c3)C2)n1. The predicted molar refractivity (Wildman–Crippen MR) is 109 cm³/mol. The Hall–Kier alpha value is -3.02. The normalized spacial score (nSPS) is 16.8. The van der Waals surface area contributed by atoms with E-state index in [0.29, 0.717) is 12.1 Å². The Morgan fingerprint density at radius 2 is 2.00 bits per heavy atom. The molecule has 1 aliphatic rings. The first-order valence-corrected chi connectivity index (χ1v) is 9.98. The Morgan fingerprint density at radius 3 is 2.72 bits per heavy atom. The van der Waals surface area contributed by atoms with Gasteiger partial charge in [-0.3, -0.25) is 14.5 Å². The monoisotopic (exact) mass is 392 g/mol. The highest BCUT2D eigenvalue weighted by Gasteiger charge is 2.27. The summed E-state index contributed by atoms with van der Waals surface area (Å²) in [5.41, 5.74) is 4.86. The van der Waals surface area contributed by atoms with Crippen LogP contribution in [-0.2, 0) is 13.5 Å². The molecular weight excluding hydrogens is 367 g/mol. The molecule has 1 aliphatic heterocycles. The van der Waals surface area contributed by atoms with E-state index in [2.05, 4.69) is 17.2 Å². The minimum atomic E-state index is -0.221. The van der Waals surface area contributed by atoms with Crippen molar-refractivity contribution < 1.29 is 9.18 Å². The molecule has 1 atom stereocenters. The van der Waals surface area contributed by atoms with Gasteiger partial charge in [0.25, 0.3) is 5.91 Å². The molecule has 0 N–H and O–H groups in total. The smallest absolute Gasteiger partial charge is 0.257 e. The van der Waals surface area contributed by atoms with Gasteiger partial charge in [0, 0.05) is 43.6 Å². The number of piperidine rings is 1. The third-order valence-corrected chi connectivity index (χ3v) is 5.43. The van der Waals surface area contributed by atoms with Crippen molar-refractivity contribution in [2.75, 3.05) is 13.1 Å². The number of benzene rings is 1. The third-order valence-electron chi connectivity index (χ3n) is 5.43. The fraction of sp³-hybridized carbons (Fsp3) is 0.348. The number of aryl methyl sites for hydroxylation is 2. The predicted octanol–water partition coefficient (Wildman–Crippen LogP) is 3.87. The van der Waals surface area contributed by atoms with Gasteiger partial charge in [0.1, 0.15) is 5.82 Å². The summed E-state index contributed by atoms with van der Waals surface area (Å²) in [7, 11) is 1.81. The van der Waals surface area contributed by atoms with Crippen LogP contribution >= 0.6 is 0 Å². The fourth-order valence-electron chi connectivity index (χ4n) is 4.03. The van der Waals surface area contributed by atoms with E-state index in [0.717, 1.165) is 48.3 Å². The van der Waals surface area contributed by atoms with E-state index in [1.54, 1.807) is 17.1 Å². The van der Waals surface area contributed by atoms with E-state index < -0.39 is 0 Å². The molecule has 0 bridgehead atoms. The Balaban J connectivity index is 1.52. The van der Waals surface area contributed by atoms with Crippen LogP contribution in [0.5, 0.6) is 0 Å². The molecule has 0 saturated carbocycles. The molecule has 150 valence electrons. The van der Waals surface area contributed by atoms with Crippen molar-refractivity contribution >= 4 is 5.91 Å². The first kappa shape index (κ1) is 19.3. The van der Waals surface area contributed by atoms with Gasteiger partial charge in [0.2, 0.25) is 0 Å². The maximum absolute atomic E-state index is 13.2. The van der Waals surface area contributed by atoms with Crippen LogP contribution in [0.25, 0.3) is 0 Å². The van der Waals surface area contributed by atoms with Crippen LogP contribution < -0.4 is 0 Å². The molecule has 3 heterocycles. The van der Waals surface area contributed by atoms with Crippen molar-refractivity contribution in [1.29, 1.82) is 0 Å². The summed E-state index contributed by atoms with van der Waals surface area (Å²) in [6, 6.07) is 10.8. The second-order valence-corrected chi connectivity index (χ2v) is 7.84. The van der Waals surface area contributed by atoms with Crippen molar-refractivity contribution in [3.8, 4) is 0 Å². The van der Waals surface area contributed by atoms with Crippen molar-refractivity contribution in [3.05, 3.63) is 82.7 Å². The number of carbonyl (C=O) groups is 1. The summed E-state index contributed by atoms with van der Waals surface area (Å²) in [6.45, 7) is 3.43. The van der Waals surface area contributed by atoms with E-state index >= 15 is 0 Å². The van der Waals surface area contributed by atoms with Gasteiger partial charge < -0.3 is 4.90 Å². The lowest BCUT2D eigenvalue weighted by Gasteiger charge is -2.32. The summed E-state index contributed by atoms with van der Waals surface area (Å²) in [5.74, 6) is 0.0270. The zero-order valence-electron chi connectivity index (χ0n) is 16.8. The number of pyridine rings is 1. The highest BCUT2D eigenvalue weighted by atomic mass is 19.1. The molecule has 0 radical (unpaired) electrons. The largest absolute Gasteiger partial charge is 0.338 e. The van der Waals surface area contributed by atoms with Crippen LogP contribution in [0, 0.1) is 12.7 Å². The highest BCUT2D eigenvalue weighted by molar-refractivity contribution is 5.93. The van der Waals surface area contributed by atoms with Gasteiger partial charge in [0.05, 0.1) is 11.8 Å². The molecular formula is C23H25FN4O. The van der Waals surface area contributed by atoms with Crippen LogP contribution in [-0.4, -0.2) is 38.7 Å². The van der Waals surface area contributed by atoms with Crippen LogP contribution in [0.3, 0.4) is 0 Å². The van der Waals surface area contributed by atoms with Gasteiger partial charge in [-0.25, -0.2) is 4.39 Å². The minimum absolute atomic E-state index is 0.0296. The Morgan fingerprint density at radius 1 is 1.21 bits per heavy atom. The number of halogens is 1. The number of carbonyl (C=O) groups excluding carboxylic acids is 1. The Bertz CT molecular complexity index is 1010. The molecule has 2 aromatic heterocycles. The van der Waals surface area contributed by atoms with Gasteiger partial charge in [0.15, 0.2) is 0 Å². The quantitative estimate of drug-likeness (QED) is 0.677. The van der Waals surface area contributed by atoms with E-state index in [4.69, 9.17) is 4.98 Å². The van der Waals surface area contributed by atoms with Crippen LogP contribution in [0.2, 0.25) is 0 Å². The van der Waals surface area contributed by atoms with Crippen molar-refractivity contribution in [1.82, 2.24) is 19.7 Å². The van der Waals surface area contributed by atoms with Crippen LogP contribution in [0.1, 0.15) is 51.6 Å². The molecule has 0 unspecified atom stereocenters. The maximum Gasteiger partial charge on any atom is 0.257 e. The molecule has 1 amide bonds. The standard InChI is InChI=1S/C23H25FN4O/c1-16-10-18(11-17-5-7-21(24)8-6-17)12-22(26-16)19-4-3-9-28(15-19)23(29)20-13-25-27(2)14-20/h5-8,10,12-14,19H,3-4,9,11,15H2,1-2H3/t19-/m1/s1. The first-order chi connectivity index (χ1) is 14.0. The average Bonchev–Trinajstić information content (AvgIpc) is 3.15. The second-order valence-electron chi connectivity index (χ2n) is 7.84. The third kappa shape index (κ3) is 4.53. The van der Waals surface area contributed by atoms with Gasteiger partial charge in [-0.1, -0.05) is 12.1 Å². The number of aromatic nitrogens is 3. The lowest BCUT2D eigenvalue weighted by atomic mass is 9.92. The molecule has 4 rings (SSSR count). The summed E-state index contributed by atoms with van der Waals surface area (Å²) in [6.07, 6.45) is 6.10. The summed E-state index contributed by atoms with van der Waals surface area (Å²) in [4.78, 5) is 19.5. The molecule has 1 saturated heterocycles. The summed E-state index contributed by atoms with van der Waals surface area (Å²) in [5, 5.41) is 4.11. The van der Waals surface area contributed by atoms with Crippen LogP contribution in [0.4, 0.5) is 4.39 Å². The first-order valence-electron chi connectivity index (χ1n) is 9.98.